The number of benzene rings is 1. The maximum absolute atomic E-state index is 10.7. The summed E-state index contributed by atoms with van der Waals surface area (Å²) in [5.74, 6) is 0.414. The summed E-state index contributed by atoms with van der Waals surface area (Å²) in [7, 11) is 1.35. The molecule has 4 heteroatoms. The Labute approximate surface area is 87.6 Å². The minimum Gasteiger partial charge on any atom is -0.493 e. The van der Waals surface area contributed by atoms with Crippen LogP contribution in [0.1, 0.15) is 6.42 Å². The van der Waals surface area contributed by atoms with Gasteiger partial charge >= 0.3 is 5.97 Å². The molecule has 1 aromatic rings. The van der Waals surface area contributed by atoms with Crippen LogP contribution in [0.4, 0.5) is 0 Å². The Morgan fingerprint density at radius 3 is 2.57 bits per heavy atom. The molecule has 0 bridgehead atoms. The third-order valence-electron chi connectivity index (χ3n) is 1.62. The molecule has 14 heavy (non-hydrogen) atoms. The van der Waals surface area contributed by atoms with Gasteiger partial charge in [-0.2, -0.15) is 0 Å². The van der Waals surface area contributed by atoms with Gasteiger partial charge in [-0.25, -0.2) is 0 Å². The molecule has 0 aliphatic heterocycles. The van der Waals surface area contributed by atoms with Crippen LogP contribution < -0.4 is 4.74 Å². The first kappa shape index (κ1) is 10.9. The fourth-order valence-electron chi connectivity index (χ4n) is 0.885. The summed E-state index contributed by atoms with van der Waals surface area (Å²) in [5.41, 5.74) is 0. The number of halogens is 1. The highest BCUT2D eigenvalue weighted by Crippen LogP contribution is 2.15. The molecule has 0 atom stereocenters. The maximum Gasteiger partial charge on any atom is 0.308 e. The molecule has 0 aliphatic carbocycles. The normalized spacial score (nSPS) is 9.57. The van der Waals surface area contributed by atoms with Crippen LogP contribution in [0.15, 0.2) is 24.3 Å². The molecule has 0 aromatic heterocycles. The molecular weight excluding hydrogens is 204 g/mol. The smallest absolute Gasteiger partial charge is 0.308 e. The molecule has 1 rings (SSSR count). The number of rotatable bonds is 4. The number of hydrogen-bond acceptors (Lipinski definition) is 3. The lowest BCUT2D eigenvalue weighted by molar-refractivity contribution is -0.141. The van der Waals surface area contributed by atoms with Crippen molar-refractivity contribution in [3.05, 3.63) is 29.3 Å². The van der Waals surface area contributed by atoms with E-state index in [1.807, 2.05) is 0 Å². The predicted molar refractivity (Wildman–Crippen MR) is 53.6 cm³/mol. The Morgan fingerprint density at radius 1 is 1.36 bits per heavy atom. The van der Waals surface area contributed by atoms with Gasteiger partial charge in [0.05, 0.1) is 20.1 Å². The van der Waals surface area contributed by atoms with Gasteiger partial charge in [-0.05, 0) is 24.3 Å². The Bertz CT molecular complexity index is 295. The minimum atomic E-state index is -0.279. The minimum absolute atomic E-state index is 0.249. The van der Waals surface area contributed by atoms with Crippen LogP contribution in [0.3, 0.4) is 0 Å². The summed E-state index contributed by atoms with van der Waals surface area (Å²) in [6.45, 7) is 0.314. The number of esters is 1. The SMILES string of the molecule is COC(=O)CCOc1ccc(Cl)cc1. The first-order valence-corrected chi connectivity index (χ1v) is 4.55. The Balaban J connectivity index is 2.31. The lowest BCUT2D eigenvalue weighted by Gasteiger charge is -2.04. The van der Waals surface area contributed by atoms with E-state index in [2.05, 4.69) is 4.74 Å². The molecule has 0 saturated carbocycles. The van der Waals surface area contributed by atoms with E-state index in [0.29, 0.717) is 17.4 Å². The summed E-state index contributed by atoms with van der Waals surface area (Å²) < 4.78 is 9.74. The molecule has 0 fully saturated rings. The van der Waals surface area contributed by atoms with Crippen molar-refractivity contribution >= 4 is 17.6 Å². The van der Waals surface area contributed by atoms with Gasteiger partial charge < -0.3 is 9.47 Å². The summed E-state index contributed by atoms with van der Waals surface area (Å²) in [4.78, 5) is 10.7. The van der Waals surface area contributed by atoms with Gasteiger partial charge in [0, 0.05) is 5.02 Å². The van der Waals surface area contributed by atoms with Gasteiger partial charge in [0.15, 0.2) is 0 Å². The summed E-state index contributed by atoms with van der Waals surface area (Å²) >= 11 is 5.69. The molecule has 0 heterocycles. The van der Waals surface area contributed by atoms with E-state index in [1.54, 1.807) is 24.3 Å². The van der Waals surface area contributed by atoms with Crippen LogP contribution in [0.5, 0.6) is 5.75 Å². The second-order valence-electron chi connectivity index (χ2n) is 2.63. The van der Waals surface area contributed by atoms with Crippen LogP contribution in [0, 0.1) is 0 Å². The van der Waals surface area contributed by atoms with Crippen LogP contribution in [-0.4, -0.2) is 19.7 Å². The van der Waals surface area contributed by atoms with E-state index in [-0.39, 0.29) is 12.4 Å². The number of carbonyl (C=O) groups excluding carboxylic acids is 1. The zero-order valence-corrected chi connectivity index (χ0v) is 8.58. The highest BCUT2D eigenvalue weighted by molar-refractivity contribution is 6.30. The molecule has 0 saturated heterocycles. The number of ether oxygens (including phenoxy) is 2. The molecule has 0 aliphatic rings. The van der Waals surface area contributed by atoms with Crippen molar-refractivity contribution in [2.45, 2.75) is 6.42 Å². The quantitative estimate of drug-likeness (QED) is 0.722. The second kappa shape index (κ2) is 5.50. The van der Waals surface area contributed by atoms with Gasteiger partial charge in [0.2, 0.25) is 0 Å². The standard InChI is InChI=1S/C10H11ClO3/c1-13-10(12)6-7-14-9-4-2-8(11)3-5-9/h2-5H,6-7H2,1H3. The number of hydrogen-bond donors (Lipinski definition) is 0. The van der Waals surface area contributed by atoms with Gasteiger partial charge in [0.1, 0.15) is 5.75 Å². The number of carbonyl (C=O) groups is 1. The topological polar surface area (TPSA) is 35.5 Å². The summed E-state index contributed by atoms with van der Waals surface area (Å²) in [6, 6.07) is 6.96. The van der Waals surface area contributed by atoms with E-state index < -0.39 is 0 Å². The van der Waals surface area contributed by atoms with Crippen molar-refractivity contribution in [1.82, 2.24) is 0 Å². The third-order valence-corrected chi connectivity index (χ3v) is 1.87. The van der Waals surface area contributed by atoms with Gasteiger partial charge in [-0.1, -0.05) is 11.6 Å². The van der Waals surface area contributed by atoms with Crippen LogP contribution >= 0.6 is 11.6 Å². The lowest BCUT2D eigenvalue weighted by Crippen LogP contribution is -2.07. The van der Waals surface area contributed by atoms with Gasteiger partial charge in [0.25, 0.3) is 0 Å². The lowest BCUT2D eigenvalue weighted by atomic mass is 10.3. The largest absolute Gasteiger partial charge is 0.493 e. The van der Waals surface area contributed by atoms with Crippen LogP contribution in [0.25, 0.3) is 0 Å². The Hall–Kier alpha value is -1.22. The second-order valence-corrected chi connectivity index (χ2v) is 3.06. The van der Waals surface area contributed by atoms with E-state index in [9.17, 15) is 4.79 Å². The first-order chi connectivity index (χ1) is 6.72. The van der Waals surface area contributed by atoms with Crippen molar-refractivity contribution in [2.24, 2.45) is 0 Å². The summed E-state index contributed by atoms with van der Waals surface area (Å²) in [5, 5.41) is 0.658. The van der Waals surface area contributed by atoms with Gasteiger partial charge in [-0.15, -0.1) is 0 Å². The molecule has 0 N–H and O–H groups in total. The summed E-state index contributed by atoms with van der Waals surface area (Å²) in [6.07, 6.45) is 0.249. The zero-order chi connectivity index (χ0) is 10.4. The monoisotopic (exact) mass is 214 g/mol. The Kier molecular flexibility index (Phi) is 4.26. The molecule has 76 valence electrons. The number of methoxy groups -OCH3 is 1. The van der Waals surface area contributed by atoms with E-state index in [0.717, 1.165) is 0 Å². The van der Waals surface area contributed by atoms with Crippen LogP contribution in [0.2, 0.25) is 5.02 Å². The molecule has 0 spiro atoms. The molecule has 0 unspecified atom stereocenters. The van der Waals surface area contributed by atoms with E-state index in [1.165, 1.54) is 7.11 Å². The van der Waals surface area contributed by atoms with E-state index in [4.69, 9.17) is 16.3 Å². The third kappa shape index (κ3) is 3.66. The predicted octanol–water partition coefficient (Wildman–Crippen LogP) is 2.28. The van der Waals surface area contributed by atoms with Crippen molar-refractivity contribution in [2.75, 3.05) is 13.7 Å². The maximum atomic E-state index is 10.7. The van der Waals surface area contributed by atoms with Crippen molar-refractivity contribution < 1.29 is 14.3 Å². The molecule has 1 aromatic carbocycles. The molecule has 0 radical (unpaired) electrons. The average molecular weight is 215 g/mol. The van der Waals surface area contributed by atoms with Crippen molar-refractivity contribution in [1.29, 1.82) is 0 Å². The molecule has 3 nitrogen and oxygen atoms in total. The molecular formula is C10H11ClO3. The fraction of sp³-hybridized carbons (Fsp3) is 0.300. The molecule has 0 amide bonds. The highest BCUT2D eigenvalue weighted by Gasteiger charge is 2.00. The van der Waals surface area contributed by atoms with Crippen molar-refractivity contribution in [3.63, 3.8) is 0 Å². The van der Waals surface area contributed by atoms with Crippen molar-refractivity contribution in [3.8, 4) is 5.75 Å². The highest BCUT2D eigenvalue weighted by atomic mass is 35.5. The van der Waals surface area contributed by atoms with Crippen LogP contribution in [-0.2, 0) is 9.53 Å². The Morgan fingerprint density at radius 2 is 2.00 bits per heavy atom. The first-order valence-electron chi connectivity index (χ1n) is 4.17. The fourth-order valence-corrected chi connectivity index (χ4v) is 1.01. The van der Waals surface area contributed by atoms with Gasteiger partial charge in [-0.3, -0.25) is 4.79 Å². The zero-order valence-electron chi connectivity index (χ0n) is 7.83. The average Bonchev–Trinajstić information content (AvgIpc) is 2.21. The van der Waals surface area contributed by atoms with E-state index >= 15 is 0 Å².